The third kappa shape index (κ3) is 5.10. The van der Waals surface area contributed by atoms with E-state index in [9.17, 15) is 13.2 Å². The lowest BCUT2D eigenvalue weighted by molar-refractivity contribution is -0.323. The maximum Gasteiger partial charge on any atom is 0.522 e. The highest BCUT2D eigenvalue weighted by Gasteiger charge is 2.36. The van der Waals surface area contributed by atoms with E-state index in [0.29, 0.717) is 5.41 Å². The van der Waals surface area contributed by atoms with Gasteiger partial charge in [0.05, 0.1) is 6.61 Å². The van der Waals surface area contributed by atoms with E-state index in [4.69, 9.17) is 0 Å². The van der Waals surface area contributed by atoms with E-state index in [2.05, 4.69) is 17.0 Å². The van der Waals surface area contributed by atoms with Crippen LogP contribution in [0.15, 0.2) is 0 Å². The standard InChI is InChI=1S/C8H14F3NO/c1-7(2-3-7)6-12-4-5-13-8(9,10)11/h12H,2-6H2,1H3. The van der Waals surface area contributed by atoms with Crippen molar-refractivity contribution in [1.29, 1.82) is 0 Å². The molecule has 2 nitrogen and oxygen atoms in total. The van der Waals surface area contributed by atoms with Crippen molar-refractivity contribution in [2.75, 3.05) is 19.7 Å². The Morgan fingerprint density at radius 1 is 1.38 bits per heavy atom. The van der Waals surface area contributed by atoms with Crippen LogP contribution >= 0.6 is 0 Å². The average Bonchev–Trinajstić information content (AvgIpc) is 2.65. The molecule has 0 atom stereocenters. The Morgan fingerprint density at radius 2 is 2.00 bits per heavy atom. The topological polar surface area (TPSA) is 21.3 Å². The van der Waals surface area contributed by atoms with E-state index in [-0.39, 0.29) is 13.2 Å². The molecule has 1 fully saturated rings. The van der Waals surface area contributed by atoms with E-state index in [1.165, 1.54) is 12.8 Å². The van der Waals surface area contributed by atoms with Gasteiger partial charge in [0, 0.05) is 13.1 Å². The quantitative estimate of drug-likeness (QED) is 0.680. The van der Waals surface area contributed by atoms with Crippen LogP contribution in [-0.4, -0.2) is 26.1 Å². The van der Waals surface area contributed by atoms with Crippen LogP contribution in [0, 0.1) is 5.41 Å². The van der Waals surface area contributed by atoms with E-state index in [1.807, 2.05) is 0 Å². The maximum absolute atomic E-state index is 11.5. The zero-order valence-electron chi connectivity index (χ0n) is 7.58. The molecule has 0 amide bonds. The Balaban J connectivity index is 1.90. The highest BCUT2D eigenvalue weighted by atomic mass is 19.4. The molecule has 0 saturated heterocycles. The molecule has 0 unspecified atom stereocenters. The molecule has 0 bridgehead atoms. The predicted molar refractivity (Wildman–Crippen MR) is 42.2 cm³/mol. The largest absolute Gasteiger partial charge is 0.522 e. The van der Waals surface area contributed by atoms with Gasteiger partial charge < -0.3 is 5.32 Å². The monoisotopic (exact) mass is 197 g/mol. The van der Waals surface area contributed by atoms with Crippen molar-refractivity contribution in [2.45, 2.75) is 26.1 Å². The summed E-state index contributed by atoms with van der Waals surface area (Å²) in [6.45, 7) is 2.85. The molecule has 0 heterocycles. The van der Waals surface area contributed by atoms with Gasteiger partial charge in [-0.15, -0.1) is 13.2 Å². The summed E-state index contributed by atoms with van der Waals surface area (Å²) in [6.07, 6.45) is -2.16. The van der Waals surface area contributed by atoms with Crippen LogP contribution in [0.5, 0.6) is 0 Å². The van der Waals surface area contributed by atoms with Crippen molar-refractivity contribution < 1.29 is 17.9 Å². The van der Waals surface area contributed by atoms with Crippen LogP contribution in [-0.2, 0) is 4.74 Å². The fourth-order valence-electron chi connectivity index (χ4n) is 1.02. The Labute approximate surface area is 75.4 Å². The van der Waals surface area contributed by atoms with E-state index < -0.39 is 6.36 Å². The first-order valence-corrected chi connectivity index (χ1v) is 4.33. The molecule has 1 rings (SSSR count). The summed E-state index contributed by atoms with van der Waals surface area (Å²) in [7, 11) is 0. The summed E-state index contributed by atoms with van der Waals surface area (Å²) in [5.41, 5.74) is 0.332. The maximum atomic E-state index is 11.5. The molecular formula is C8H14F3NO. The molecule has 1 N–H and O–H groups in total. The molecule has 1 saturated carbocycles. The Bertz CT molecular complexity index is 158. The molecule has 0 aromatic rings. The summed E-state index contributed by atoms with van der Waals surface area (Å²) in [5.74, 6) is 0. The summed E-state index contributed by atoms with van der Waals surface area (Å²) in [4.78, 5) is 0. The van der Waals surface area contributed by atoms with E-state index in [1.54, 1.807) is 0 Å². The van der Waals surface area contributed by atoms with Gasteiger partial charge >= 0.3 is 6.36 Å². The molecule has 5 heteroatoms. The normalized spacial score (nSPS) is 20.3. The number of rotatable bonds is 5. The van der Waals surface area contributed by atoms with Crippen LogP contribution in [0.4, 0.5) is 13.2 Å². The van der Waals surface area contributed by atoms with Gasteiger partial charge in [-0.2, -0.15) is 0 Å². The number of halogens is 3. The van der Waals surface area contributed by atoms with Crippen LogP contribution in [0.25, 0.3) is 0 Å². The molecule has 0 aromatic heterocycles. The van der Waals surface area contributed by atoms with Crippen molar-refractivity contribution in [3.63, 3.8) is 0 Å². The van der Waals surface area contributed by atoms with Crippen LogP contribution in [0.2, 0.25) is 0 Å². The molecular weight excluding hydrogens is 183 g/mol. The molecule has 0 radical (unpaired) electrons. The second-order valence-electron chi connectivity index (χ2n) is 3.78. The Morgan fingerprint density at radius 3 is 2.46 bits per heavy atom. The lowest BCUT2D eigenvalue weighted by Crippen LogP contribution is -2.28. The number of hydrogen-bond acceptors (Lipinski definition) is 2. The minimum atomic E-state index is -4.49. The third-order valence-electron chi connectivity index (χ3n) is 2.20. The van der Waals surface area contributed by atoms with Gasteiger partial charge in [0.2, 0.25) is 0 Å². The van der Waals surface area contributed by atoms with E-state index in [0.717, 1.165) is 6.54 Å². The summed E-state index contributed by atoms with van der Waals surface area (Å²) in [6, 6.07) is 0. The average molecular weight is 197 g/mol. The number of alkyl halides is 3. The van der Waals surface area contributed by atoms with Gasteiger partial charge in [0.25, 0.3) is 0 Å². The van der Waals surface area contributed by atoms with Crippen LogP contribution in [0.1, 0.15) is 19.8 Å². The van der Waals surface area contributed by atoms with Gasteiger partial charge in [0.1, 0.15) is 0 Å². The zero-order chi connectivity index (χ0) is 9.95. The lowest BCUT2D eigenvalue weighted by Gasteiger charge is -2.11. The van der Waals surface area contributed by atoms with Gasteiger partial charge in [-0.25, -0.2) is 0 Å². The summed E-state index contributed by atoms with van der Waals surface area (Å²) < 4.78 is 38.0. The van der Waals surface area contributed by atoms with Crippen LogP contribution < -0.4 is 5.32 Å². The van der Waals surface area contributed by atoms with Crippen LogP contribution in [0.3, 0.4) is 0 Å². The molecule has 0 spiro atoms. The SMILES string of the molecule is CC1(CNCCOC(F)(F)F)CC1. The third-order valence-corrected chi connectivity index (χ3v) is 2.20. The van der Waals surface area contributed by atoms with Crippen molar-refractivity contribution in [3.05, 3.63) is 0 Å². The van der Waals surface area contributed by atoms with Crippen molar-refractivity contribution in [3.8, 4) is 0 Å². The number of ether oxygens (including phenoxy) is 1. The molecule has 1 aliphatic rings. The first-order valence-electron chi connectivity index (χ1n) is 4.33. The van der Waals surface area contributed by atoms with Gasteiger partial charge in [0.15, 0.2) is 0 Å². The molecule has 13 heavy (non-hydrogen) atoms. The molecule has 78 valence electrons. The fraction of sp³-hybridized carbons (Fsp3) is 1.00. The first kappa shape index (κ1) is 10.8. The second kappa shape index (κ2) is 3.84. The highest BCUT2D eigenvalue weighted by molar-refractivity contribution is 4.90. The summed E-state index contributed by atoms with van der Waals surface area (Å²) in [5, 5.41) is 2.94. The summed E-state index contributed by atoms with van der Waals surface area (Å²) >= 11 is 0. The molecule has 0 aromatic carbocycles. The van der Waals surface area contributed by atoms with Gasteiger partial charge in [-0.1, -0.05) is 6.92 Å². The number of hydrogen-bond donors (Lipinski definition) is 1. The first-order chi connectivity index (χ1) is 5.91. The Hall–Kier alpha value is -0.290. The molecule has 0 aliphatic heterocycles. The predicted octanol–water partition coefficient (Wildman–Crippen LogP) is 1.91. The highest BCUT2D eigenvalue weighted by Crippen LogP contribution is 2.43. The van der Waals surface area contributed by atoms with E-state index >= 15 is 0 Å². The van der Waals surface area contributed by atoms with Crippen molar-refractivity contribution >= 4 is 0 Å². The minimum Gasteiger partial charge on any atom is -0.314 e. The Kier molecular flexibility index (Phi) is 3.18. The lowest BCUT2D eigenvalue weighted by atomic mass is 10.1. The van der Waals surface area contributed by atoms with Crippen molar-refractivity contribution in [1.82, 2.24) is 5.32 Å². The molecule has 1 aliphatic carbocycles. The number of nitrogens with one attached hydrogen (secondary N) is 1. The van der Waals surface area contributed by atoms with Gasteiger partial charge in [-0.3, -0.25) is 4.74 Å². The second-order valence-corrected chi connectivity index (χ2v) is 3.78. The fourth-order valence-corrected chi connectivity index (χ4v) is 1.02. The smallest absolute Gasteiger partial charge is 0.314 e. The zero-order valence-corrected chi connectivity index (χ0v) is 7.58. The van der Waals surface area contributed by atoms with Gasteiger partial charge in [-0.05, 0) is 18.3 Å². The minimum absolute atomic E-state index is 0.259. The van der Waals surface area contributed by atoms with Crippen molar-refractivity contribution in [2.24, 2.45) is 5.41 Å².